The number of thioether (sulfide) groups is 1. The van der Waals surface area contributed by atoms with Crippen LogP contribution in [0.3, 0.4) is 0 Å². The maximum Gasteiger partial charge on any atom is 0.276 e. The minimum absolute atomic E-state index is 0.00523. The van der Waals surface area contributed by atoms with E-state index < -0.39 is 10.0 Å². The van der Waals surface area contributed by atoms with E-state index in [4.69, 9.17) is 20.4 Å². The standard InChI is InChI=1S/C16H15ClN2O4S2/c17-11-3-5-13-14(9-11)23-16(18-13)24-10-12-4-6-15(22-12)25(20,21)19-7-1-2-8-19/h3-6,9H,1-2,7-8,10H2. The van der Waals surface area contributed by atoms with E-state index in [-0.39, 0.29) is 5.09 Å². The van der Waals surface area contributed by atoms with E-state index >= 15 is 0 Å². The normalized spacial score (nSPS) is 16.0. The molecule has 6 nitrogen and oxygen atoms in total. The Balaban J connectivity index is 1.47. The van der Waals surface area contributed by atoms with Crippen molar-refractivity contribution in [1.29, 1.82) is 0 Å². The molecule has 1 aliphatic rings. The third-order valence-electron chi connectivity index (χ3n) is 3.96. The first-order chi connectivity index (χ1) is 12.0. The highest BCUT2D eigenvalue weighted by Crippen LogP contribution is 2.29. The quantitative estimate of drug-likeness (QED) is 0.601. The van der Waals surface area contributed by atoms with Gasteiger partial charge < -0.3 is 8.83 Å². The minimum atomic E-state index is -3.52. The van der Waals surface area contributed by atoms with Crippen LogP contribution in [0, 0.1) is 0 Å². The van der Waals surface area contributed by atoms with Crippen molar-refractivity contribution >= 4 is 44.5 Å². The third kappa shape index (κ3) is 3.44. The molecule has 0 saturated carbocycles. The summed E-state index contributed by atoms with van der Waals surface area (Å²) in [6.07, 6.45) is 1.79. The average molecular weight is 399 g/mol. The monoisotopic (exact) mass is 398 g/mol. The predicted octanol–water partition coefficient (Wildman–Crippen LogP) is 4.15. The fourth-order valence-electron chi connectivity index (χ4n) is 2.70. The molecule has 1 saturated heterocycles. The third-order valence-corrected chi connectivity index (χ3v) is 6.82. The number of hydrogen-bond acceptors (Lipinski definition) is 6. The first kappa shape index (κ1) is 17.0. The van der Waals surface area contributed by atoms with Gasteiger partial charge in [-0.3, -0.25) is 0 Å². The molecule has 0 radical (unpaired) electrons. The number of benzene rings is 1. The molecule has 9 heteroatoms. The summed E-state index contributed by atoms with van der Waals surface area (Å²) in [5, 5.41) is 1.06. The van der Waals surface area contributed by atoms with Gasteiger partial charge in [0.25, 0.3) is 15.2 Å². The van der Waals surface area contributed by atoms with Crippen molar-refractivity contribution in [2.45, 2.75) is 28.9 Å². The molecule has 0 spiro atoms. The van der Waals surface area contributed by atoms with Crippen LogP contribution < -0.4 is 0 Å². The second-order valence-electron chi connectivity index (χ2n) is 5.71. The summed E-state index contributed by atoms with van der Waals surface area (Å²) >= 11 is 7.27. The molecular weight excluding hydrogens is 384 g/mol. The molecule has 4 rings (SSSR count). The maximum atomic E-state index is 12.5. The number of aromatic nitrogens is 1. The number of halogens is 1. The van der Waals surface area contributed by atoms with E-state index in [0.717, 1.165) is 18.4 Å². The van der Waals surface area contributed by atoms with E-state index in [1.54, 1.807) is 24.3 Å². The zero-order valence-corrected chi connectivity index (χ0v) is 15.5. The van der Waals surface area contributed by atoms with Crippen LogP contribution in [-0.2, 0) is 15.8 Å². The maximum absolute atomic E-state index is 12.5. The largest absolute Gasteiger partial charge is 0.447 e. The molecule has 25 heavy (non-hydrogen) atoms. The molecule has 0 N–H and O–H groups in total. The van der Waals surface area contributed by atoms with Gasteiger partial charge >= 0.3 is 0 Å². The molecule has 132 valence electrons. The van der Waals surface area contributed by atoms with Gasteiger partial charge in [0, 0.05) is 24.2 Å². The Labute approximate surface area is 154 Å². The molecule has 0 bridgehead atoms. The Hall–Kier alpha value is -1.48. The van der Waals surface area contributed by atoms with Crippen LogP contribution >= 0.6 is 23.4 Å². The zero-order chi connectivity index (χ0) is 17.4. The summed E-state index contributed by atoms with van der Waals surface area (Å²) in [7, 11) is -3.52. The summed E-state index contributed by atoms with van der Waals surface area (Å²) in [6.45, 7) is 1.11. The SMILES string of the molecule is O=S(=O)(c1ccc(CSc2nc3ccc(Cl)cc3o2)o1)N1CCCC1. The summed E-state index contributed by atoms with van der Waals surface area (Å²) < 4.78 is 37.5. The molecule has 1 fully saturated rings. The first-order valence-electron chi connectivity index (χ1n) is 7.80. The van der Waals surface area contributed by atoms with Gasteiger partial charge in [0.1, 0.15) is 11.3 Å². The molecule has 3 aromatic rings. The molecular formula is C16H15ClN2O4S2. The van der Waals surface area contributed by atoms with Gasteiger partial charge in [0.2, 0.25) is 5.09 Å². The topological polar surface area (TPSA) is 76.5 Å². The highest BCUT2D eigenvalue weighted by Gasteiger charge is 2.29. The zero-order valence-electron chi connectivity index (χ0n) is 13.1. The van der Waals surface area contributed by atoms with E-state index in [0.29, 0.717) is 40.4 Å². The molecule has 0 atom stereocenters. The van der Waals surface area contributed by atoms with Crippen molar-refractivity contribution in [2.75, 3.05) is 13.1 Å². The average Bonchev–Trinajstić information content (AvgIpc) is 3.32. The van der Waals surface area contributed by atoms with Crippen LogP contribution in [0.15, 0.2) is 49.5 Å². The van der Waals surface area contributed by atoms with Crippen LogP contribution in [0.2, 0.25) is 5.02 Å². The summed E-state index contributed by atoms with van der Waals surface area (Å²) in [6, 6.07) is 8.44. The predicted molar refractivity (Wildman–Crippen MR) is 95.3 cm³/mol. The molecule has 0 amide bonds. The summed E-state index contributed by atoms with van der Waals surface area (Å²) in [5.74, 6) is 0.985. The lowest BCUT2D eigenvalue weighted by Gasteiger charge is -2.12. The Kier molecular flexibility index (Phi) is 4.53. The molecule has 0 unspecified atom stereocenters. The fourth-order valence-corrected chi connectivity index (χ4v) is 5.04. The smallest absolute Gasteiger partial charge is 0.276 e. The van der Waals surface area contributed by atoms with Crippen molar-refractivity contribution < 1.29 is 17.3 Å². The lowest BCUT2D eigenvalue weighted by molar-refractivity contribution is 0.396. The number of sulfonamides is 1. The number of nitrogens with zero attached hydrogens (tertiary/aromatic N) is 2. The van der Waals surface area contributed by atoms with Crippen molar-refractivity contribution in [2.24, 2.45) is 0 Å². The summed E-state index contributed by atoms with van der Waals surface area (Å²) in [4.78, 5) is 4.36. The minimum Gasteiger partial charge on any atom is -0.447 e. The van der Waals surface area contributed by atoms with Crippen molar-refractivity contribution in [3.63, 3.8) is 0 Å². The number of oxazole rings is 1. The second-order valence-corrected chi connectivity index (χ2v) is 8.94. The molecule has 1 aliphatic heterocycles. The Morgan fingerprint density at radius 3 is 2.76 bits per heavy atom. The van der Waals surface area contributed by atoms with Crippen LogP contribution in [0.25, 0.3) is 11.1 Å². The Bertz CT molecular complexity index is 1010. The van der Waals surface area contributed by atoms with Gasteiger partial charge in [-0.25, -0.2) is 13.4 Å². The van der Waals surface area contributed by atoms with Crippen LogP contribution in [0.4, 0.5) is 0 Å². The van der Waals surface area contributed by atoms with Gasteiger partial charge in [-0.15, -0.1) is 0 Å². The van der Waals surface area contributed by atoms with Gasteiger partial charge in [-0.1, -0.05) is 23.4 Å². The van der Waals surface area contributed by atoms with Crippen molar-refractivity contribution in [1.82, 2.24) is 9.29 Å². The lowest BCUT2D eigenvalue weighted by Crippen LogP contribution is -2.27. The molecule has 0 aliphatic carbocycles. The number of rotatable bonds is 5. The van der Waals surface area contributed by atoms with E-state index in [9.17, 15) is 8.42 Å². The van der Waals surface area contributed by atoms with Gasteiger partial charge in [0.15, 0.2) is 5.58 Å². The second kappa shape index (κ2) is 6.68. The molecule has 3 heterocycles. The van der Waals surface area contributed by atoms with Gasteiger partial charge in [0.05, 0.1) is 5.75 Å². The van der Waals surface area contributed by atoms with Crippen LogP contribution in [-0.4, -0.2) is 30.8 Å². The number of hydrogen-bond donors (Lipinski definition) is 0. The van der Waals surface area contributed by atoms with E-state index in [1.807, 2.05) is 0 Å². The molecule has 1 aromatic carbocycles. The van der Waals surface area contributed by atoms with Crippen LogP contribution in [0.1, 0.15) is 18.6 Å². The molecule has 2 aromatic heterocycles. The first-order valence-corrected chi connectivity index (χ1v) is 10.6. The van der Waals surface area contributed by atoms with Gasteiger partial charge in [-0.05, 0) is 37.1 Å². The van der Waals surface area contributed by atoms with Gasteiger partial charge in [-0.2, -0.15) is 4.31 Å². The lowest BCUT2D eigenvalue weighted by atomic mass is 10.3. The van der Waals surface area contributed by atoms with E-state index in [2.05, 4.69) is 4.98 Å². The Morgan fingerprint density at radius 1 is 1.16 bits per heavy atom. The summed E-state index contributed by atoms with van der Waals surface area (Å²) in [5.41, 5.74) is 1.34. The Morgan fingerprint density at radius 2 is 1.96 bits per heavy atom. The fraction of sp³-hybridized carbons (Fsp3) is 0.312. The highest BCUT2D eigenvalue weighted by atomic mass is 35.5. The van der Waals surface area contributed by atoms with Crippen molar-refractivity contribution in [3.05, 3.63) is 41.1 Å². The highest BCUT2D eigenvalue weighted by molar-refractivity contribution is 7.98. The van der Waals surface area contributed by atoms with E-state index in [1.165, 1.54) is 22.1 Å². The number of fused-ring (bicyclic) bond motifs is 1. The van der Waals surface area contributed by atoms with Crippen molar-refractivity contribution in [3.8, 4) is 0 Å². The van der Waals surface area contributed by atoms with Crippen LogP contribution in [0.5, 0.6) is 0 Å². The number of furan rings is 1.